The molecule has 0 bridgehead atoms. The average molecular weight is 422 g/mol. The molecule has 0 spiro atoms. The van der Waals surface area contributed by atoms with E-state index in [1.807, 2.05) is 62.7 Å². The highest BCUT2D eigenvalue weighted by Gasteiger charge is 2.41. The molecule has 162 valence electrons. The summed E-state index contributed by atoms with van der Waals surface area (Å²) in [6.45, 7) is 5.87. The third kappa shape index (κ3) is 3.71. The van der Waals surface area contributed by atoms with Gasteiger partial charge in [-0.25, -0.2) is 4.98 Å². The molecule has 31 heavy (non-hydrogen) atoms. The Kier molecular flexibility index (Phi) is 5.34. The van der Waals surface area contributed by atoms with Gasteiger partial charge in [-0.3, -0.25) is 14.5 Å². The van der Waals surface area contributed by atoms with Crippen LogP contribution in [-0.4, -0.2) is 44.7 Å². The maximum absolute atomic E-state index is 13.2. The normalized spacial score (nSPS) is 21.0. The number of imidazole rings is 1. The van der Waals surface area contributed by atoms with Gasteiger partial charge in [0.2, 0.25) is 5.89 Å². The van der Waals surface area contributed by atoms with E-state index in [0.717, 1.165) is 22.9 Å². The van der Waals surface area contributed by atoms with Gasteiger partial charge in [-0.05, 0) is 18.4 Å². The van der Waals surface area contributed by atoms with E-state index < -0.39 is 11.9 Å². The van der Waals surface area contributed by atoms with Crippen molar-refractivity contribution >= 4 is 17.6 Å². The number of hydrogen-bond acceptors (Lipinski definition) is 6. The SMILES string of the molecule is Cc1nc2c(n1C)N(C)C(=O)[C@@H](NC(=O)c1nnc(Cc3ccccc3)o1)[C@@H](C)[C@H]2C. The number of anilines is 1. The summed E-state index contributed by atoms with van der Waals surface area (Å²) >= 11 is 0. The quantitative estimate of drug-likeness (QED) is 0.691. The van der Waals surface area contributed by atoms with E-state index in [1.165, 1.54) is 0 Å². The highest BCUT2D eigenvalue weighted by molar-refractivity contribution is 6.01. The smallest absolute Gasteiger partial charge is 0.309 e. The molecule has 0 fully saturated rings. The lowest BCUT2D eigenvalue weighted by atomic mass is 9.87. The molecule has 0 saturated heterocycles. The third-order valence-electron chi connectivity index (χ3n) is 6.12. The first-order chi connectivity index (χ1) is 14.8. The fraction of sp³-hybridized carbons (Fsp3) is 0.409. The lowest BCUT2D eigenvalue weighted by molar-refractivity contribution is -0.121. The number of aryl methyl sites for hydroxylation is 1. The summed E-state index contributed by atoms with van der Waals surface area (Å²) in [5, 5.41) is 10.7. The molecule has 3 atom stereocenters. The minimum atomic E-state index is -0.744. The van der Waals surface area contributed by atoms with Gasteiger partial charge < -0.3 is 14.3 Å². The Morgan fingerprint density at radius 1 is 1.16 bits per heavy atom. The summed E-state index contributed by atoms with van der Waals surface area (Å²) in [6, 6.07) is 8.91. The van der Waals surface area contributed by atoms with Crippen LogP contribution in [0.2, 0.25) is 0 Å². The number of carbonyl (C=O) groups is 2. The molecule has 2 aromatic heterocycles. The lowest BCUT2D eigenvalue weighted by Gasteiger charge is -2.26. The van der Waals surface area contributed by atoms with Crippen LogP contribution in [0.5, 0.6) is 0 Å². The molecule has 1 N–H and O–H groups in total. The molecule has 0 radical (unpaired) electrons. The van der Waals surface area contributed by atoms with Crippen molar-refractivity contribution in [3.63, 3.8) is 0 Å². The molecular weight excluding hydrogens is 396 g/mol. The second-order valence-electron chi connectivity index (χ2n) is 8.09. The van der Waals surface area contributed by atoms with Crippen LogP contribution in [0, 0.1) is 12.8 Å². The predicted molar refractivity (Wildman–Crippen MR) is 114 cm³/mol. The minimum absolute atomic E-state index is 0.0366. The van der Waals surface area contributed by atoms with Crippen LogP contribution in [-0.2, 0) is 18.3 Å². The molecule has 0 unspecified atom stereocenters. The zero-order chi connectivity index (χ0) is 22.3. The van der Waals surface area contributed by atoms with E-state index in [9.17, 15) is 9.59 Å². The van der Waals surface area contributed by atoms with Gasteiger partial charge in [0.15, 0.2) is 0 Å². The number of carbonyl (C=O) groups excluding carboxylic acids is 2. The number of likely N-dealkylation sites (N-methyl/N-ethyl adjacent to an activating group) is 1. The van der Waals surface area contributed by atoms with E-state index in [4.69, 9.17) is 4.42 Å². The van der Waals surface area contributed by atoms with Crippen LogP contribution in [0.4, 0.5) is 5.82 Å². The van der Waals surface area contributed by atoms with Crippen molar-refractivity contribution in [1.29, 1.82) is 0 Å². The molecule has 2 amide bonds. The summed E-state index contributed by atoms with van der Waals surface area (Å²) in [5.74, 6) is 0.786. The number of fused-ring (bicyclic) bond motifs is 1. The first-order valence-corrected chi connectivity index (χ1v) is 10.3. The fourth-order valence-corrected chi connectivity index (χ4v) is 3.99. The molecule has 3 heterocycles. The molecule has 4 rings (SSSR count). The molecule has 1 aliphatic heterocycles. The zero-order valence-corrected chi connectivity index (χ0v) is 18.3. The van der Waals surface area contributed by atoms with Crippen molar-refractivity contribution < 1.29 is 14.0 Å². The van der Waals surface area contributed by atoms with Crippen molar-refractivity contribution in [3.8, 4) is 0 Å². The molecular formula is C22H26N6O3. The molecule has 1 aliphatic rings. The first kappa shape index (κ1) is 20.8. The van der Waals surface area contributed by atoms with Crippen LogP contribution in [0.25, 0.3) is 0 Å². The Labute approximate surface area is 180 Å². The Morgan fingerprint density at radius 2 is 1.87 bits per heavy atom. The number of hydrogen-bond donors (Lipinski definition) is 1. The van der Waals surface area contributed by atoms with Crippen LogP contribution >= 0.6 is 0 Å². The lowest BCUT2D eigenvalue weighted by Crippen LogP contribution is -2.50. The minimum Gasteiger partial charge on any atom is -0.417 e. The van der Waals surface area contributed by atoms with Crippen molar-refractivity contribution in [2.45, 2.75) is 39.2 Å². The topological polar surface area (TPSA) is 106 Å². The number of aromatic nitrogens is 4. The standard InChI is InChI=1S/C22H26N6O3/c1-12-13(2)18(22(30)28(5)21-17(12)23-14(3)27(21)4)24-19(29)20-26-25-16(31-20)11-15-9-7-6-8-10-15/h6-10,12-13,18H,11H2,1-5H3,(H,24,29)/t12-,13+,18+/m1/s1. The number of benzene rings is 1. The van der Waals surface area contributed by atoms with Crippen LogP contribution < -0.4 is 10.2 Å². The van der Waals surface area contributed by atoms with E-state index >= 15 is 0 Å². The van der Waals surface area contributed by atoms with Crippen LogP contribution in [0.3, 0.4) is 0 Å². The van der Waals surface area contributed by atoms with Gasteiger partial charge in [-0.2, -0.15) is 0 Å². The molecule has 3 aromatic rings. The van der Waals surface area contributed by atoms with Crippen LogP contribution in [0.15, 0.2) is 34.7 Å². The zero-order valence-electron chi connectivity index (χ0n) is 18.3. The van der Waals surface area contributed by atoms with Gasteiger partial charge in [0.05, 0.1) is 12.1 Å². The molecule has 9 nitrogen and oxygen atoms in total. The molecule has 9 heteroatoms. The largest absolute Gasteiger partial charge is 0.417 e. The van der Waals surface area contributed by atoms with Crippen molar-refractivity contribution in [1.82, 2.24) is 25.1 Å². The first-order valence-electron chi connectivity index (χ1n) is 10.3. The second kappa shape index (κ2) is 7.98. The predicted octanol–water partition coefficient (Wildman–Crippen LogP) is 2.22. The number of rotatable bonds is 4. The molecule has 0 aliphatic carbocycles. The molecule has 0 saturated carbocycles. The van der Waals surface area contributed by atoms with Gasteiger partial charge in [0, 0.05) is 20.0 Å². The number of amides is 2. The van der Waals surface area contributed by atoms with Gasteiger partial charge in [0.1, 0.15) is 17.7 Å². The maximum atomic E-state index is 13.2. The Hall–Kier alpha value is -3.49. The molecule has 1 aromatic carbocycles. The van der Waals surface area contributed by atoms with Crippen molar-refractivity contribution in [3.05, 3.63) is 59.2 Å². The van der Waals surface area contributed by atoms with Crippen LogP contribution in [0.1, 0.15) is 53.4 Å². The van der Waals surface area contributed by atoms with Gasteiger partial charge in [0.25, 0.3) is 5.91 Å². The van der Waals surface area contributed by atoms with Gasteiger partial charge in [-0.15, -0.1) is 10.2 Å². The van der Waals surface area contributed by atoms with Gasteiger partial charge >= 0.3 is 11.8 Å². The van der Waals surface area contributed by atoms with Gasteiger partial charge in [-0.1, -0.05) is 44.2 Å². The highest BCUT2D eigenvalue weighted by atomic mass is 16.4. The van der Waals surface area contributed by atoms with Crippen molar-refractivity contribution in [2.24, 2.45) is 13.0 Å². The number of nitrogens with one attached hydrogen (secondary N) is 1. The Morgan fingerprint density at radius 3 is 2.58 bits per heavy atom. The summed E-state index contributed by atoms with van der Waals surface area (Å²) < 4.78 is 7.45. The van der Waals surface area contributed by atoms with E-state index in [1.54, 1.807) is 11.9 Å². The Balaban J connectivity index is 1.54. The maximum Gasteiger partial charge on any atom is 0.309 e. The van der Waals surface area contributed by atoms with E-state index in [0.29, 0.717) is 12.3 Å². The Bertz CT molecular complexity index is 1120. The summed E-state index contributed by atoms with van der Waals surface area (Å²) in [6.07, 6.45) is 0.431. The summed E-state index contributed by atoms with van der Waals surface area (Å²) in [5.41, 5.74) is 1.85. The highest BCUT2D eigenvalue weighted by Crippen LogP contribution is 2.37. The summed E-state index contributed by atoms with van der Waals surface area (Å²) in [4.78, 5) is 32.3. The fourth-order valence-electron chi connectivity index (χ4n) is 3.99. The van der Waals surface area contributed by atoms with E-state index in [2.05, 4.69) is 20.5 Å². The average Bonchev–Trinajstić information content (AvgIpc) is 3.33. The third-order valence-corrected chi connectivity index (χ3v) is 6.12. The van der Waals surface area contributed by atoms with Crippen molar-refractivity contribution in [2.75, 3.05) is 11.9 Å². The number of nitrogens with zero attached hydrogens (tertiary/aromatic N) is 5. The summed E-state index contributed by atoms with van der Waals surface area (Å²) in [7, 11) is 3.59. The second-order valence-corrected chi connectivity index (χ2v) is 8.09. The van der Waals surface area contributed by atoms with E-state index in [-0.39, 0.29) is 23.6 Å². The monoisotopic (exact) mass is 422 g/mol.